The molecule has 0 aliphatic heterocycles. The van der Waals surface area contributed by atoms with Crippen LogP contribution in [0.15, 0.2) is 36.9 Å². The number of nitrogens with one attached hydrogen (secondary N) is 2. The minimum atomic E-state index is 0.481. The van der Waals surface area contributed by atoms with Gasteiger partial charge in [0.2, 0.25) is 5.95 Å². The first-order valence-electron chi connectivity index (χ1n) is 7.39. The van der Waals surface area contributed by atoms with E-state index < -0.39 is 0 Å². The molecule has 0 aliphatic rings. The lowest BCUT2D eigenvalue weighted by molar-refractivity contribution is 0.528. The van der Waals surface area contributed by atoms with E-state index in [0.717, 1.165) is 17.3 Å². The molecular formula is C16H23N5. The molecule has 1 heterocycles. The van der Waals surface area contributed by atoms with E-state index in [2.05, 4.69) is 58.5 Å². The fourth-order valence-electron chi connectivity index (χ4n) is 2.02. The number of aromatic nitrogens is 3. The predicted octanol–water partition coefficient (Wildman–Crippen LogP) is 3.85. The monoisotopic (exact) mass is 285 g/mol. The van der Waals surface area contributed by atoms with Gasteiger partial charge in [-0.25, -0.2) is 15.0 Å². The maximum Gasteiger partial charge on any atom is 0.230 e. The van der Waals surface area contributed by atoms with Crippen LogP contribution in [0.1, 0.15) is 33.6 Å². The molecule has 0 amide bonds. The third kappa shape index (κ3) is 5.38. The van der Waals surface area contributed by atoms with E-state index in [1.54, 1.807) is 0 Å². The number of hydrogen-bond acceptors (Lipinski definition) is 5. The summed E-state index contributed by atoms with van der Waals surface area (Å²) in [5.74, 6) is 1.30. The summed E-state index contributed by atoms with van der Waals surface area (Å²) in [5, 5.41) is 6.65. The highest BCUT2D eigenvalue weighted by Crippen LogP contribution is 2.18. The first-order chi connectivity index (χ1) is 10.1. The van der Waals surface area contributed by atoms with Crippen molar-refractivity contribution in [1.82, 2.24) is 15.0 Å². The van der Waals surface area contributed by atoms with Crippen molar-refractivity contribution in [3.8, 4) is 0 Å². The summed E-state index contributed by atoms with van der Waals surface area (Å²) in [6.45, 7) is 6.74. The van der Waals surface area contributed by atoms with Gasteiger partial charge in [0.15, 0.2) is 0 Å². The van der Waals surface area contributed by atoms with Crippen LogP contribution in [0.4, 0.5) is 17.3 Å². The summed E-state index contributed by atoms with van der Waals surface area (Å²) in [6.07, 6.45) is 5.37. The molecule has 0 radical (unpaired) electrons. The van der Waals surface area contributed by atoms with Gasteiger partial charge < -0.3 is 10.6 Å². The summed E-state index contributed by atoms with van der Waals surface area (Å²) in [5.41, 5.74) is 2.09. The summed E-state index contributed by atoms with van der Waals surface area (Å²) in [4.78, 5) is 11.9. The van der Waals surface area contributed by atoms with E-state index in [0.29, 0.717) is 12.0 Å². The number of anilines is 3. The highest BCUT2D eigenvalue weighted by Gasteiger charge is 2.04. The van der Waals surface area contributed by atoms with Gasteiger partial charge in [0.05, 0.1) is 0 Å². The van der Waals surface area contributed by atoms with Crippen molar-refractivity contribution < 1.29 is 0 Å². The summed E-state index contributed by atoms with van der Waals surface area (Å²) in [6, 6.07) is 8.64. The molecule has 0 spiro atoms. The Labute approximate surface area is 126 Å². The zero-order chi connectivity index (χ0) is 15.1. The molecule has 0 fully saturated rings. The average molecular weight is 285 g/mol. The van der Waals surface area contributed by atoms with Crippen molar-refractivity contribution in [3.63, 3.8) is 0 Å². The lowest BCUT2D eigenvalue weighted by atomic mass is 10.0. The molecular weight excluding hydrogens is 262 g/mol. The Morgan fingerprint density at radius 1 is 0.905 bits per heavy atom. The number of nitrogens with zero attached hydrogens (tertiary/aromatic N) is 3. The molecule has 1 unspecified atom stereocenters. The summed E-state index contributed by atoms with van der Waals surface area (Å²) in [7, 11) is 0. The fraction of sp³-hybridized carbons (Fsp3) is 0.438. The Morgan fingerprint density at radius 3 is 2.14 bits per heavy atom. The fourth-order valence-corrected chi connectivity index (χ4v) is 2.02. The van der Waals surface area contributed by atoms with Gasteiger partial charge in [-0.05, 0) is 49.9 Å². The highest BCUT2D eigenvalue weighted by atomic mass is 15.1. The third-order valence-corrected chi connectivity index (χ3v) is 3.22. The van der Waals surface area contributed by atoms with Crippen molar-refractivity contribution in [1.29, 1.82) is 0 Å². The van der Waals surface area contributed by atoms with Crippen LogP contribution >= 0.6 is 0 Å². The van der Waals surface area contributed by atoms with Gasteiger partial charge in [-0.3, -0.25) is 0 Å². The van der Waals surface area contributed by atoms with Crippen molar-refractivity contribution >= 4 is 17.3 Å². The Hall–Kier alpha value is -2.17. The predicted molar refractivity (Wildman–Crippen MR) is 86.7 cm³/mol. The largest absolute Gasteiger partial charge is 0.383 e. The zero-order valence-electron chi connectivity index (χ0n) is 12.9. The molecule has 2 rings (SSSR count). The number of benzene rings is 1. The van der Waals surface area contributed by atoms with Gasteiger partial charge in [0.1, 0.15) is 12.7 Å². The van der Waals surface area contributed by atoms with E-state index in [-0.39, 0.29) is 0 Å². The Kier molecular flexibility index (Phi) is 5.49. The maximum absolute atomic E-state index is 4.04. The van der Waals surface area contributed by atoms with Crippen molar-refractivity contribution in [2.45, 2.75) is 39.7 Å². The molecule has 21 heavy (non-hydrogen) atoms. The smallest absolute Gasteiger partial charge is 0.230 e. The Morgan fingerprint density at radius 2 is 1.52 bits per heavy atom. The highest BCUT2D eigenvalue weighted by molar-refractivity contribution is 5.58. The zero-order valence-corrected chi connectivity index (χ0v) is 12.9. The van der Waals surface area contributed by atoms with E-state index in [1.165, 1.54) is 25.5 Å². The molecule has 112 valence electrons. The van der Waals surface area contributed by atoms with Crippen molar-refractivity contribution in [2.75, 3.05) is 10.6 Å². The van der Waals surface area contributed by atoms with Gasteiger partial charge in [0.25, 0.3) is 0 Å². The van der Waals surface area contributed by atoms with E-state index in [1.807, 2.05) is 12.1 Å². The molecule has 1 atom stereocenters. The van der Waals surface area contributed by atoms with Crippen LogP contribution in [0, 0.1) is 5.92 Å². The van der Waals surface area contributed by atoms with Gasteiger partial charge in [-0.2, -0.15) is 0 Å². The van der Waals surface area contributed by atoms with Crippen LogP contribution in [-0.4, -0.2) is 21.0 Å². The van der Waals surface area contributed by atoms with Gasteiger partial charge in [-0.15, -0.1) is 0 Å². The number of hydrogen-bond donors (Lipinski definition) is 2. The van der Waals surface area contributed by atoms with E-state index >= 15 is 0 Å². The normalized spacial score (nSPS) is 12.2. The topological polar surface area (TPSA) is 62.7 Å². The van der Waals surface area contributed by atoms with E-state index in [4.69, 9.17) is 0 Å². The molecule has 0 saturated heterocycles. The molecule has 2 aromatic rings. The molecule has 2 N–H and O–H groups in total. The van der Waals surface area contributed by atoms with E-state index in [9.17, 15) is 0 Å². The number of rotatable bonds is 7. The molecule has 0 saturated carbocycles. The first-order valence-corrected chi connectivity index (χ1v) is 7.39. The standard InChI is InChI=1S/C16H23N5/c1-12(2)4-5-13(3)20-14-6-8-15(9-7-14)21-16-18-10-17-11-19-16/h6-13,20H,4-5H2,1-3H3,(H,17,18,19,21). The van der Waals surface area contributed by atoms with Gasteiger partial charge in [-0.1, -0.05) is 13.8 Å². The second kappa shape index (κ2) is 7.57. The molecule has 1 aromatic heterocycles. The second-order valence-corrected chi connectivity index (χ2v) is 5.68. The van der Waals surface area contributed by atoms with Crippen LogP contribution in [0.25, 0.3) is 0 Å². The Balaban J connectivity index is 1.87. The second-order valence-electron chi connectivity index (χ2n) is 5.68. The van der Waals surface area contributed by atoms with Crippen LogP contribution in [-0.2, 0) is 0 Å². The SMILES string of the molecule is CC(C)CCC(C)Nc1ccc(Nc2ncncn2)cc1. The Bertz CT molecular complexity index is 524. The molecule has 0 bridgehead atoms. The third-order valence-electron chi connectivity index (χ3n) is 3.22. The first kappa shape index (κ1) is 15.2. The van der Waals surface area contributed by atoms with Crippen LogP contribution < -0.4 is 10.6 Å². The molecule has 5 heteroatoms. The lowest BCUT2D eigenvalue weighted by Gasteiger charge is -2.16. The minimum absolute atomic E-state index is 0.481. The van der Waals surface area contributed by atoms with Crippen molar-refractivity contribution in [3.05, 3.63) is 36.9 Å². The quantitative estimate of drug-likeness (QED) is 0.809. The minimum Gasteiger partial charge on any atom is -0.383 e. The van der Waals surface area contributed by atoms with Gasteiger partial charge >= 0.3 is 0 Å². The maximum atomic E-state index is 4.04. The van der Waals surface area contributed by atoms with Crippen LogP contribution in [0.5, 0.6) is 0 Å². The van der Waals surface area contributed by atoms with Crippen LogP contribution in [0.2, 0.25) is 0 Å². The van der Waals surface area contributed by atoms with Gasteiger partial charge in [0, 0.05) is 17.4 Å². The lowest BCUT2D eigenvalue weighted by Crippen LogP contribution is -2.15. The van der Waals surface area contributed by atoms with Crippen LogP contribution in [0.3, 0.4) is 0 Å². The van der Waals surface area contributed by atoms with Crippen molar-refractivity contribution in [2.24, 2.45) is 5.92 Å². The molecule has 0 aliphatic carbocycles. The summed E-state index contributed by atoms with van der Waals surface area (Å²) < 4.78 is 0. The summed E-state index contributed by atoms with van der Waals surface area (Å²) >= 11 is 0. The average Bonchev–Trinajstić information content (AvgIpc) is 2.48. The molecule has 5 nitrogen and oxygen atoms in total. The molecule has 1 aromatic carbocycles.